The molecule has 7 heteroatoms. The quantitative estimate of drug-likeness (QED) is 0.612. The number of piperidine rings is 1. The summed E-state index contributed by atoms with van der Waals surface area (Å²) in [4.78, 5) is 25.9. The van der Waals surface area contributed by atoms with Crippen LogP contribution in [0.15, 0.2) is 24.3 Å². The zero-order valence-corrected chi connectivity index (χ0v) is 15.3. The average Bonchev–Trinajstić information content (AvgIpc) is 2.64. The maximum Gasteiger partial charge on any atom is 0.245 e. The molecule has 144 valence electrons. The van der Waals surface area contributed by atoms with Crippen molar-refractivity contribution in [3.63, 3.8) is 0 Å². The van der Waals surface area contributed by atoms with Crippen LogP contribution in [0.25, 0.3) is 0 Å². The summed E-state index contributed by atoms with van der Waals surface area (Å²) < 4.78 is 11.2. The Morgan fingerprint density at radius 3 is 2.73 bits per heavy atom. The van der Waals surface area contributed by atoms with E-state index in [1.54, 1.807) is 4.90 Å². The Balaban J connectivity index is 1.71. The Hall–Kier alpha value is -2.28. The van der Waals surface area contributed by atoms with Gasteiger partial charge in [0.15, 0.2) is 11.5 Å². The number of aliphatic hydroxyl groups is 1. The van der Waals surface area contributed by atoms with E-state index in [0.717, 1.165) is 6.42 Å². The van der Waals surface area contributed by atoms with Gasteiger partial charge in [0, 0.05) is 19.5 Å². The predicted molar refractivity (Wildman–Crippen MR) is 97.2 cm³/mol. The fourth-order valence-electron chi connectivity index (χ4n) is 2.94. The fourth-order valence-corrected chi connectivity index (χ4v) is 2.94. The Labute approximate surface area is 154 Å². The molecule has 1 atom stereocenters. The van der Waals surface area contributed by atoms with E-state index < -0.39 is 6.04 Å². The number of amides is 2. The molecule has 26 heavy (non-hydrogen) atoms. The van der Waals surface area contributed by atoms with Crippen molar-refractivity contribution < 1.29 is 24.2 Å². The van der Waals surface area contributed by atoms with Crippen LogP contribution in [0.4, 0.5) is 0 Å². The molecule has 2 amide bonds. The van der Waals surface area contributed by atoms with Gasteiger partial charge in [0.25, 0.3) is 0 Å². The predicted octanol–water partition coefficient (Wildman–Crippen LogP) is 1.34. The average molecular weight is 364 g/mol. The van der Waals surface area contributed by atoms with Gasteiger partial charge >= 0.3 is 0 Å². The Morgan fingerprint density at radius 1 is 1.31 bits per heavy atom. The molecule has 0 aliphatic carbocycles. The minimum Gasteiger partial charge on any atom is -0.490 e. The van der Waals surface area contributed by atoms with E-state index in [1.165, 1.54) is 0 Å². The Kier molecular flexibility index (Phi) is 8.21. The molecule has 0 aromatic heterocycles. The number of aliphatic hydroxyl groups excluding tert-OH is 1. The summed E-state index contributed by atoms with van der Waals surface area (Å²) in [5, 5.41) is 11.8. The SMILES string of the molecule is CCOc1ccccc1OCCCC(=O)N[C@H]1CCCN(CCO)C1=O. The molecular weight excluding hydrogens is 336 g/mol. The lowest BCUT2D eigenvalue weighted by Gasteiger charge is -2.32. The van der Waals surface area contributed by atoms with Crippen molar-refractivity contribution in [1.82, 2.24) is 10.2 Å². The van der Waals surface area contributed by atoms with E-state index >= 15 is 0 Å². The number of β-amino-alcohol motifs (C(OH)–C–C–N with tert-alkyl or cyclic N) is 1. The van der Waals surface area contributed by atoms with Crippen molar-refractivity contribution in [3.8, 4) is 11.5 Å². The van der Waals surface area contributed by atoms with Crippen molar-refractivity contribution >= 4 is 11.8 Å². The molecule has 0 bridgehead atoms. The highest BCUT2D eigenvalue weighted by atomic mass is 16.5. The second-order valence-electron chi connectivity index (χ2n) is 6.14. The van der Waals surface area contributed by atoms with E-state index in [0.29, 0.717) is 57.1 Å². The number of para-hydroxylation sites is 2. The molecule has 0 spiro atoms. The normalized spacial score (nSPS) is 17.1. The van der Waals surface area contributed by atoms with E-state index in [1.807, 2.05) is 31.2 Å². The van der Waals surface area contributed by atoms with Gasteiger partial charge in [-0.05, 0) is 38.3 Å². The maximum absolute atomic E-state index is 12.2. The minimum atomic E-state index is -0.484. The van der Waals surface area contributed by atoms with Crippen molar-refractivity contribution in [3.05, 3.63) is 24.3 Å². The molecule has 0 unspecified atom stereocenters. The molecule has 1 aromatic rings. The number of benzene rings is 1. The number of nitrogens with one attached hydrogen (secondary N) is 1. The first-order valence-electron chi connectivity index (χ1n) is 9.19. The number of carbonyl (C=O) groups is 2. The second kappa shape index (κ2) is 10.7. The standard InChI is InChI=1S/C19H28N2O5/c1-2-25-16-8-3-4-9-17(16)26-14-6-10-18(23)20-15-7-5-11-21(12-13-22)19(15)24/h3-4,8-9,15,22H,2,5-7,10-14H2,1H3,(H,20,23)/t15-/m0/s1. The Morgan fingerprint density at radius 2 is 2.04 bits per heavy atom. The van der Waals surface area contributed by atoms with Crippen LogP contribution in [0.1, 0.15) is 32.6 Å². The third kappa shape index (κ3) is 5.91. The van der Waals surface area contributed by atoms with Crippen molar-refractivity contribution in [2.45, 2.75) is 38.6 Å². The maximum atomic E-state index is 12.2. The first-order chi connectivity index (χ1) is 12.7. The summed E-state index contributed by atoms with van der Waals surface area (Å²) in [5.41, 5.74) is 0. The first-order valence-corrected chi connectivity index (χ1v) is 9.19. The van der Waals surface area contributed by atoms with E-state index in [4.69, 9.17) is 14.6 Å². The zero-order chi connectivity index (χ0) is 18.8. The van der Waals surface area contributed by atoms with Crippen LogP contribution in [-0.2, 0) is 9.59 Å². The number of ether oxygens (including phenoxy) is 2. The fraction of sp³-hybridized carbons (Fsp3) is 0.579. The highest BCUT2D eigenvalue weighted by Gasteiger charge is 2.29. The van der Waals surface area contributed by atoms with E-state index in [9.17, 15) is 9.59 Å². The minimum absolute atomic E-state index is 0.0625. The largest absolute Gasteiger partial charge is 0.490 e. The van der Waals surface area contributed by atoms with Crippen molar-refractivity contribution in [2.75, 3.05) is 32.9 Å². The smallest absolute Gasteiger partial charge is 0.245 e. The van der Waals surface area contributed by atoms with Crippen LogP contribution in [0, 0.1) is 0 Å². The van der Waals surface area contributed by atoms with Crippen LogP contribution >= 0.6 is 0 Å². The molecular formula is C19H28N2O5. The highest BCUT2D eigenvalue weighted by Crippen LogP contribution is 2.26. The number of hydrogen-bond donors (Lipinski definition) is 2. The number of rotatable bonds is 10. The lowest BCUT2D eigenvalue weighted by Crippen LogP contribution is -2.52. The van der Waals surface area contributed by atoms with Gasteiger partial charge in [-0.25, -0.2) is 0 Å². The number of nitrogens with zero attached hydrogens (tertiary/aromatic N) is 1. The molecule has 2 N–H and O–H groups in total. The van der Waals surface area contributed by atoms with Gasteiger partial charge in [-0.1, -0.05) is 12.1 Å². The molecule has 1 saturated heterocycles. The summed E-state index contributed by atoms with van der Waals surface area (Å²) in [5.74, 6) is 1.09. The zero-order valence-electron chi connectivity index (χ0n) is 15.3. The van der Waals surface area contributed by atoms with Crippen molar-refractivity contribution in [2.24, 2.45) is 0 Å². The van der Waals surface area contributed by atoms with Crippen LogP contribution in [-0.4, -0.2) is 60.8 Å². The third-order valence-corrected chi connectivity index (χ3v) is 4.19. The molecule has 1 aliphatic heterocycles. The van der Waals surface area contributed by atoms with Crippen LogP contribution in [0.5, 0.6) is 11.5 Å². The van der Waals surface area contributed by atoms with Crippen LogP contribution in [0.3, 0.4) is 0 Å². The van der Waals surface area contributed by atoms with Gasteiger partial charge in [-0.3, -0.25) is 9.59 Å². The third-order valence-electron chi connectivity index (χ3n) is 4.19. The molecule has 7 nitrogen and oxygen atoms in total. The number of likely N-dealkylation sites (tertiary alicyclic amines) is 1. The summed E-state index contributed by atoms with van der Waals surface area (Å²) >= 11 is 0. The number of carbonyl (C=O) groups excluding carboxylic acids is 2. The lowest BCUT2D eigenvalue weighted by atomic mass is 10.0. The first kappa shape index (κ1) is 20.0. The van der Waals surface area contributed by atoms with Crippen LogP contribution in [0.2, 0.25) is 0 Å². The van der Waals surface area contributed by atoms with Gasteiger partial charge in [-0.2, -0.15) is 0 Å². The highest BCUT2D eigenvalue weighted by molar-refractivity contribution is 5.88. The molecule has 1 heterocycles. The molecule has 1 aliphatic rings. The van der Waals surface area contributed by atoms with Crippen LogP contribution < -0.4 is 14.8 Å². The van der Waals surface area contributed by atoms with Gasteiger partial charge < -0.3 is 24.8 Å². The van der Waals surface area contributed by atoms with E-state index in [2.05, 4.69) is 5.32 Å². The lowest BCUT2D eigenvalue weighted by molar-refractivity contribution is -0.139. The van der Waals surface area contributed by atoms with Gasteiger partial charge in [0.1, 0.15) is 6.04 Å². The van der Waals surface area contributed by atoms with Crippen molar-refractivity contribution in [1.29, 1.82) is 0 Å². The molecule has 2 rings (SSSR count). The van der Waals surface area contributed by atoms with Gasteiger partial charge in [-0.15, -0.1) is 0 Å². The van der Waals surface area contributed by atoms with E-state index in [-0.39, 0.29) is 18.4 Å². The number of hydrogen-bond acceptors (Lipinski definition) is 5. The molecule has 0 saturated carbocycles. The topological polar surface area (TPSA) is 88.1 Å². The molecule has 0 radical (unpaired) electrons. The van der Waals surface area contributed by atoms with Gasteiger partial charge in [0.05, 0.1) is 19.8 Å². The summed E-state index contributed by atoms with van der Waals surface area (Å²) in [6, 6.07) is 6.95. The molecule has 1 fully saturated rings. The monoisotopic (exact) mass is 364 g/mol. The summed E-state index contributed by atoms with van der Waals surface area (Å²) in [7, 11) is 0. The molecule has 1 aromatic carbocycles. The summed E-state index contributed by atoms with van der Waals surface area (Å²) in [6.45, 7) is 3.76. The van der Waals surface area contributed by atoms with Gasteiger partial charge in [0.2, 0.25) is 11.8 Å². The second-order valence-corrected chi connectivity index (χ2v) is 6.14. The Bertz CT molecular complexity index is 591. The summed E-state index contributed by atoms with van der Waals surface area (Å²) in [6.07, 6.45) is 2.31.